The van der Waals surface area contributed by atoms with Crippen molar-refractivity contribution in [2.24, 2.45) is 0 Å². The van der Waals surface area contributed by atoms with Crippen LogP contribution in [0.15, 0.2) is 60.7 Å². The highest BCUT2D eigenvalue weighted by molar-refractivity contribution is 5.83. The van der Waals surface area contributed by atoms with Crippen molar-refractivity contribution in [2.75, 3.05) is 7.05 Å². The van der Waals surface area contributed by atoms with Gasteiger partial charge >= 0.3 is 0 Å². The van der Waals surface area contributed by atoms with E-state index < -0.39 is 11.6 Å². The van der Waals surface area contributed by atoms with Crippen LogP contribution in [-0.2, 0) is 0 Å². The number of hydrogen-bond donors (Lipinski definition) is 1. The summed E-state index contributed by atoms with van der Waals surface area (Å²) < 4.78 is 27.5. The van der Waals surface area contributed by atoms with E-state index in [1.165, 1.54) is 6.07 Å². The van der Waals surface area contributed by atoms with E-state index in [2.05, 4.69) is 5.32 Å². The zero-order chi connectivity index (χ0) is 14.8. The van der Waals surface area contributed by atoms with Crippen LogP contribution in [0.4, 0.5) is 8.78 Å². The zero-order valence-electron chi connectivity index (χ0n) is 11.6. The lowest BCUT2D eigenvalue weighted by atomic mass is 9.96. The topological polar surface area (TPSA) is 12.0 Å². The zero-order valence-corrected chi connectivity index (χ0v) is 11.6. The smallest absolute Gasteiger partial charge is 0.163 e. The van der Waals surface area contributed by atoms with Crippen LogP contribution >= 0.6 is 0 Å². The Morgan fingerprint density at radius 2 is 1.62 bits per heavy atom. The van der Waals surface area contributed by atoms with Crippen molar-refractivity contribution in [1.82, 2.24) is 5.32 Å². The fraction of sp³-hybridized carbons (Fsp3) is 0.111. The largest absolute Gasteiger partial charge is 0.309 e. The summed E-state index contributed by atoms with van der Waals surface area (Å²) in [6, 6.07) is 17.8. The highest BCUT2D eigenvalue weighted by Gasteiger charge is 2.18. The van der Waals surface area contributed by atoms with Crippen LogP contribution in [0.5, 0.6) is 0 Å². The predicted molar refractivity (Wildman–Crippen MR) is 81.2 cm³/mol. The van der Waals surface area contributed by atoms with Gasteiger partial charge in [-0.2, -0.15) is 0 Å². The third-order valence-electron chi connectivity index (χ3n) is 3.69. The summed E-state index contributed by atoms with van der Waals surface area (Å²) in [7, 11) is 1.74. The third-order valence-corrected chi connectivity index (χ3v) is 3.69. The van der Waals surface area contributed by atoms with Gasteiger partial charge in [-0.3, -0.25) is 0 Å². The van der Waals surface area contributed by atoms with Gasteiger partial charge in [0, 0.05) is 5.56 Å². The Morgan fingerprint density at radius 1 is 0.857 bits per heavy atom. The molecule has 106 valence electrons. The summed E-state index contributed by atoms with van der Waals surface area (Å²) in [5, 5.41) is 5.26. The summed E-state index contributed by atoms with van der Waals surface area (Å²) in [5.41, 5.74) is 1.22. The van der Waals surface area contributed by atoms with Crippen LogP contribution in [0.25, 0.3) is 10.8 Å². The van der Waals surface area contributed by atoms with Crippen molar-refractivity contribution in [3.8, 4) is 0 Å². The molecule has 3 aromatic rings. The van der Waals surface area contributed by atoms with Gasteiger partial charge in [0.15, 0.2) is 11.6 Å². The van der Waals surface area contributed by atoms with E-state index in [9.17, 15) is 8.78 Å². The van der Waals surface area contributed by atoms with Crippen LogP contribution in [0.2, 0.25) is 0 Å². The Labute approximate surface area is 122 Å². The SMILES string of the molecule is CNC(c1ccc2ccccc2c1)c1cccc(F)c1F. The van der Waals surface area contributed by atoms with Crippen molar-refractivity contribution < 1.29 is 8.78 Å². The maximum atomic E-state index is 14.0. The molecule has 0 heterocycles. The highest BCUT2D eigenvalue weighted by atomic mass is 19.2. The molecule has 0 aliphatic carbocycles. The molecule has 0 amide bonds. The monoisotopic (exact) mass is 283 g/mol. The molecule has 1 nitrogen and oxygen atoms in total. The Kier molecular flexibility index (Phi) is 3.67. The Bertz CT molecular complexity index is 783. The average Bonchev–Trinajstić information content (AvgIpc) is 2.52. The molecule has 1 unspecified atom stereocenters. The fourth-order valence-corrected chi connectivity index (χ4v) is 2.63. The first-order chi connectivity index (χ1) is 10.2. The predicted octanol–water partition coefficient (Wildman–Crippen LogP) is 4.43. The summed E-state index contributed by atoms with van der Waals surface area (Å²) in [5.74, 6) is -1.63. The number of rotatable bonds is 3. The van der Waals surface area contributed by atoms with Crippen LogP contribution in [0.1, 0.15) is 17.2 Å². The molecule has 0 saturated carbocycles. The fourth-order valence-electron chi connectivity index (χ4n) is 2.63. The Balaban J connectivity index is 2.11. The molecule has 0 aromatic heterocycles. The maximum absolute atomic E-state index is 14.0. The first kappa shape index (κ1) is 13.7. The van der Waals surface area contributed by atoms with Gasteiger partial charge in [0.25, 0.3) is 0 Å². The van der Waals surface area contributed by atoms with E-state index in [1.54, 1.807) is 13.1 Å². The second kappa shape index (κ2) is 5.62. The number of nitrogens with one attached hydrogen (secondary N) is 1. The minimum Gasteiger partial charge on any atom is -0.309 e. The second-order valence-electron chi connectivity index (χ2n) is 4.97. The van der Waals surface area contributed by atoms with Crippen molar-refractivity contribution >= 4 is 10.8 Å². The van der Waals surface area contributed by atoms with Crippen molar-refractivity contribution in [3.05, 3.63) is 83.4 Å². The van der Waals surface area contributed by atoms with Gasteiger partial charge in [-0.1, -0.05) is 48.5 Å². The summed E-state index contributed by atoms with van der Waals surface area (Å²) in [4.78, 5) is 0. The Hall–Kier alpha value is -2.26. The molecule has 3 aromatic carbocycles. The standard InChI is InChI=1S/C18H15F2N/c1-21-18(15-7-4-8-16(19)17(15)20)14-10-9-12-5-2-3-6-13(12)11-14/h2-11,18,21H,1H3. The number of benzene rings is 3. The molecular formula is C18H15F2N. The molecule has 0 aliphatic rings. The normalized spacial score (nSPS) is 12.5. The molecule has 3 rings (SSSR count). The van der Waals surface area contributed by atoms with Crippen molar-refractivity contribution in [1.29, 1.82) is 0 Å². The molecular weight excluding hydrogens is 268 g/mol. The molecule has 1 atom stereocenters. The molecule has 0 spiro atoms. The van der Waals surface area contributed by atoms with Gasteiger partial charge in [0.05, 0.1) is 6.04 Å². The number of fused-ring (bicyclic) bond motifs is 1. The van der Waals surface area contributed by atoms with Crippen molar-refractivity contribution in [2.45, 2.75) is 6.04 Å². The lowest BCUT2D eigenvalue weighted by Crippen LogP contribution is -2.19. The molecule has 21 heavy (non-hydrogen) atoms. The van der Waals surface area contributed by atoms with Gasteiger partial charge < -0.3 is 5.32 Å². The highest BCUT2D eigenvalue weighted by Crippen LogP contribution is 2.27. The van der Waals surface area contributed by atoms with E-state index in [0.717, 1.165) is 22.4 Å². The third kappa shape index (κ3) is 2.52. The van der Waals surface area contributed by atoms with Crippen molar-refractivity contribution in [3.63, 3.8) is 0 Å². The maximum Gasteiger partial charge on any atom is 0.163 e. The molecule has 0 saturated heterocycles. The van der Waals surface area contributed by atoms with Crippen LogP contribution < -0.4 is 5.32 Å². The molecule has 0 fully saturated rings. The lowest BCUT2D eigenvalue weighted by molar-refractivity contribution is 0.487. The van der Waals surface area contributed by atoms with E-state index >= 15 is 0 Å². The second-order valence-corrected chi connectivity index (χ2v) is 4.97. The lowest BCUT2D eigenvalue weighted by Gasteiger charge is -2.18. The first-order valence-corrected chi connectivity index (χ1v) is 6.80. The van der Waals surface area contributed by atoms with Gasteiger partial charge in [-0.15, -0.1) is 0 Å². The van der Waals surface area contributed by atoms with Gasteiger partial charge in [0.2, 0.25) is 0 Å². The molecule has 0 radical (unpaired) electrons. The quantitative estimate of drug-likeness (QED) is 0.750. The molecule has 1 N–H and O–H groups in total. The minimum absolute atomic E-state index is 0.313. The van der Waals surface area contributed by atoms with E-state index in [1.807, 2.05) is 42.5 Å². The van der Waals surface area contributed by atoms with Crippen LogP contribution in [0, 0.1) is 11.6 Å². The van der Waals surface area contributed by atoms with Crippen LogP contribution in [0.3, 0.4) is 0 Å². The summed E-state index contributed by atoms with van der Waals surface area (Å²) >= 11 is 0. The summed E-state index contributed by atoms with van der Waals surface area (Å²) in [6.45, 7) is 0. The van der Waals surface area contributed by atoms with Crippen LogP contribution in [-0.4, -0.2) is 7.05 Å². The number of halogens is 2. The van der Waals surface area contributed by atoms with Gasteiger partial charge in [0.1, 0.15) is 0 Å². The van der Waals surface area contributed by atoms with Gasteiger partial charge in [-0.05, 0) is 35.5 Å². The summed E-state index contributed by atoms with van der Waals surface area (Å²) in [6.07, 6.45) is 0. The van der Waals surface area contributed by atoms with E-state index in [0.29, 0.717) is 5.56 Å². The molecule has 0 bridgehead atoms. The molecule has 0 aliphatic heterocycles. The van der Waals surface area contributed by atoms with Gasteiger partial charge in [-0.25, -0.2) is 8.78 Å². The molecule has 3 heteroatoms. The number of hydrogen-bond acceptors (Lipinski definition) is 1. The minimum atomic E-state index is -0.825. The average molecular weight is 283 g/mol. The van der Waals surface area contributed by atoms with E-state index in [4.69, 9.17) is 0 Å². The first-order valence-electron chi connectivity index (χ1n) is 6.80. The van der Waals surface area contributed by atoms with E-state index in [-0.39, 0.29) is 6.04 Å². The Morgan fingerprint density at radius 3 is 2.38 bits per heavy atom.